The minimum Gasteiger partial charge on any atom is -0.488 e. The van der Waals surface area contributed by atoms with E-state index in [-0.39, 0.29) is 18.3 Å². The number of aryl methyl sites for hydroxylation is 2. The SMILES string of the molecule is Cc1ccccc1OCc1c(C(=O)N2CCN(Cc3ccccc3F)CC2)noc1C. The molecule has 2 heterocycles. The van der Waals surface area contributed by atoms with Crippen molar-refractivity contribution >= 4 is 5.91 Å². The fraction of sp³-hybridized carbons (Fsp3) is 0.333. The van der Waals surface area contributed by atoms with E-state index < -0.39 is 0 Å². The van der Waals surface area contributed by atoms with Crippen molar-refractivity contribution in [2.75, 3.05) is 26.2 Å². The van der Waals surface area contributed by atoms with Gasteiger partial charge in [-0.25, -0.2) is 4.39 Å². The summed E-state index contributed by atoms with van der Waals surface area (Å²) in [6.45, 7) is 6.96. The Bertz CT molecular complexity index is 1060. The van der Waals surface area contributed by atoms with Crippen LogP contribution in [-0.4, -0.2) is 47.0 Å². The number of hydrogen-bond donors (Lipinski definition) is 0. The number of para-hydroxylation sites is 1. The molecular weight excluding hydrogens is 397 g/mol. The van der Waals surface area contributed by atoms with Crippen molar-refractivity contribution in [3.8, 4) is 5.75 Å². The van der Waals surface area contributed by atoms with Gasteiger partial charge >= 0.3 is 0 Å². The summed E-state index contributed by atoms with van der Waals surface area (Å²) in [6, 6.07) is 14.5. The largest absolute Gasteiger partial charge is 0.488 e. The average molecular weight is 423 g/mol. The molecule has 0 N–H and O–H groups in total. The van der Waals surface area contributed by atoms with E-state index in [0.29, 0.717) is 55.3 Å². The van der Waals surface area contributed by atoms with E-state index >= 15 is 0 Å². The second-order valence-electron chi connectivity index (χ2n) is 7.78. The number of carbonyl (C=O) groups excluding carboxylic acids is 1. The molecule has 31 heavy (non-hydrogen) atoms. The van der Waals surface area contributed by atoms with E-state index in [4.69, 9.17) is 9.26 Å². The van der Waals surface area contributed by atoms with Gasteiger partial charge in [0.05, 0.1) is 5.56 Å². The molecular formula is C24H26FN3O3. The Morgan fingerprint density at radius 3 is 2.52 bits per heavy atom. The Morgan fingerprint density at radius 2 is 1.77 bits per heavy atom. The molecule has 2 aromatic carbocycles. The maximum atomic E-state index is 13.9. The lowest BCUT2D eigenvalue weighted by Crippen LogP contribution is -2.48. The molecule has 3 aromatic rings. The van der Waals surface area contributed by atoms with Gasteiger partial charge in [0.25, 0.3) is 5.91 Å². The average Bonchev–Trinajstić information content (AvgIpc) is 3.15. The van der Waals surface area contributed by atoms with Gasteiger partial charge in [-0.1, -0.05) is 41.6 Å². The number of ether oxygens (including phenoxy) is 1. The zero-order chi connectivity index (χ0) is 21.8. The Morgan fingerprint density at radius 1 is 1.06 bits per heavy atom. The molecule has 0 spiro atoms. The highest BCUT2D eigenvalue weighted by Gasteiger charge is 2.28. The number of aromatic nitrogens is 1. The van der Waals surface area contributed by atoms with Gasteiger partial charge in [0, 0.05) is 38.3 Å². The first-order valence-corrected chi connectivity index (χ1v) is 10.4. The molecule has 0 bridgehead atoms. The van der Waals surface area contributed by atoms with Crippen molar-refractivity contribution in [2.45, 2.75) is 27.0 Å². The Hall–Kier alpha value is -3.19. The number of nitrogens with zero attached hydrogens (tertiary/aromatic N) is 3. The van der Waals surface area contributed by atoms with Crippen molar-refractivity contribution in [1.82, 2.24) is 15.0 Å². The van der Waals surface area contributed by atoms with Crippen molar-refractivity contribution in [1.29, 1.82) is 0 Å². The van der Waals surface area contributed by atoms with E-state index in [1.165, 1.54) is 6.07 Å². The lowest BCUT2D eigenvalue weighted by molar-refractivity contribution is 0.0615. The lowest BCUT2D eigenvalue weighted by atomic mass is 10.1. The third kappa shape index (κ3) is 4.77. The van der Waals surface area contributed by atoms with Crippen molar-refractivity contribution < 1.29 is 18.4 Å². The predicted octanol–water partition coefficient (Wildman–Crippen LogP) is 3.97. The van der Waals surface area contributed by atoms with Gasteiger partial charge in [0.1, 0.15) is 23.9 Å². The zero-order valence-corrected chi connectivity index (χ0v) is 17.8. The summed E-state index contributed by atoms with van der Waals surface area (Å²) < 4.78 is 25.1. The quantitative estimate of drug-likeness (QED) is 0.601. The maximum Gasteiger partial charge on any atom is 0.276 e. The lowest BCUT2D eigenvalue weighted by Gasteiger charge is -2.34. The molecule has 0 saturated carbocycles. The second kappa shape index (κ2) is 9.31. The number of carbonyl (C=O) groups is 1. The molecule has 0 unspecified atom stereocenters. The highest BCUT2D eigenvalue weighted by Crippen LogP contribution is 2.22. The molecule has 162 valence electrons. The van der Waals surface area contributed by atoms with Gasteiger partial charge in [-0.2, -0.15) is 0 Å². The summed E-state index contributed by atoms with van der Waals surface area (Å²) in [5, 5.41) is 4.01. The third-order valence-electron chi connectivity index (χ3n) is 5.66. The fourth-order valence-electron chi connectivity index (χ4n) is 3.72. The van der Waals surface area contributed by atoms with Crippen molar-refractivity contribution in [2.24, 2.45) is 0 Å². The second-order valence-corrected chi connectivity index (χ2v) is 7.78. The smallest absolute Gasteiger partial charge is 0.276 e. The zero-order valence-electron chi connectivity index (χ0n) is 17.8. The summed E-state index contributed by atoms with van der Waals surface area (Å²) in [5.74, 6) is 0.988. The van der Waals surface area contributed by atoms with Crippen LogP contribution in [0.2, 0.25) is 0 Å². The van der Waals surface area contributed by atoms with Crippen molar-refractivity contribution in [3.05, 3.63) is 82.5 Å². The summed E-state index contributed by atoms with van der Waals surface area (Å²) >= 11 is 0. The van der Waals surface area contributed by atoms with Crippen LogP contribution in [0, 0.1) is 19.7 Å². The summed E-state index contributed by atoms with van der Waals surface area (Å²) in [5.41, 5.74) is 2.66. The molecule has 0 aliphatic carbocycles. The minimum absolute atomic E-state index is 0.161. The van der Waals surface area contributed by atoms with Crippen LogP contribution >= 0.6 is 0 Å². The van der Waals surface area contributed by atoms with Gasteiger partial charge in [-0.15, -0.1) is 0 Å². The van der Waals surface area contributed by atoms with Crippen LogP contribution < -0.4 is 4.74 Å². The summed E-state index contributed by atoms with van der Waals surface area (Å²) in [7, 11) is 0. The Labute approximate surface area is 181 Å². The Kier molecular flexibility index (Phi) is 6.32. The van der Waals surface area contributed by atoms with Crippen LogP contribution in [0.15, 0.2) is 53.1 Å². The van der Waals surface area contributed by atoms with E-state index in [9.17, 15) is 9.18 Å². The Balaban J connectivity index is 1.38. The van der Waals surface area contributed by atoms with E-state index in [1.54, 1.807) is 24.0 Å². The van der Waals surface area contributed by atoms with Crippen LogP contribution in [0.1, 0.15) is 32.9 Å². The number of hydrogen-bond acceptors (Lipinski definition) is 5. The molecule has 1 aliphatic rings. The molecule has 1 saturated heterocycles. The van der Waals surface area contributed by atoms with E-state index in [0.717, 1.165) is 11.3 Å². The molecule has 6 nitrogen and oxygen atoms in total. The number of rotatable bonds is 6. The number of benzene rings is 2. The maximum absolute atomic E-state index is 13.9. The first-order valence-electron chi connectivity index (χ1n) is 10.4. The van der Waals surface area contributed by atoms with Crippen LogP contribution in [-0.2, 0) is 13.2 Å². The van der Waals surface area contributed by atoms with Gasteiger partial charge in [0.2, 0.25) is 0 Å². The summed E-state index contributed by atoms with van der Waals surface area (Å²) in [6.07, 6.45) is 0. The third-order valence-corrected chi connectivity index (χ3v) is 5.66. The molecule has 1 amide bonds. The molecule has 7 heteroatoms. The van der Waals surface area contributed by atoms with Gasteiger partial charge in [-0.3, -0.25) is 9.69 Å². The predicted molar refractivity (Wildman–Crippen MR) is 114 cm³/mol. The monoisotopic (exact) mass is 423 g/mol. The van der Waals surface area contributed by atoms with E-state index in [1.807, 2.05) is 37.3 Å². The van der Waals surface area contributed by atoms with E-state index in [2.05, 4.69) is 10.1 Å². The first-order chi connectivity index (χ1) is 15.0. The molecule has 1 fully saturated rings. The number of halogens is 1. The molecule has 0 radical (unpaired) electrons. The van der Waals surface area contributed by atoms with Crippen LogP contribution in [0.25, 0.3) is 0 Å². The topological polar surface area (TPSA) is 58.8 Å². The highest BCUT2D eigenvalue weighted by atomic mass is 19.1. The van der Waals surface area contributed by atoms with Gasteiger partial charge in [0.15, 0.2) is 5.69 Å². The molecule has 4 rings (SSSR count). The van der Waals surface area contributed by atoms with Crippen LogP contribution in [0.4, 0.5) is 4.39 Å². The first kappa shape index (κ1) is 21.1. The fourth-order valence-corrected chi connectivity index (χ4v) is 3.72. The highest BCUT2D eigenvalue weighted by molar-refractivity contribution is 5.93. The summed E-state index contributed by atoms with van der Waals surface area (Å²) in [4.78, 5) is 17.0. The minimum atomic E-state index is -0.197. The number of amides is 1. The van der Waals surface area contributed by atoms with Crippen molar-refractivity contribution in [3.63, 3.8) is 0 Å². The van der Waals surface area contributed by atoms with Gasteiger partial charge in [-0.05, 0) is 31.5 Å². The van der Waals surface area contributed by atoms with Crippen LogP contribution in [0.3, 0.4) is 0 Å². The van der Waals surface area contributed by atoms with Crippen LogP contribution in [0.5, 0.6) is 5.75 Å². The molecule has 0 atom stereocenters. The molecule has 1 aliphatic heterocycles. The normalized spacial score (nSPS) is 14.6. The number of piperazine rings is 1. The molecule has 1 aromatic heterocycles. The van der Waals surface area contributed by atoms with Gasteiger partial charge < -0.3 is 14.2 Å². The standard InChI is InChI=1S/C24H26FN3O3/c1-17-7-3-6-10-22(17)30-16-20-18(2)31-26-23(20)24(29)28-13-11-27(12-14-28)15-19-8-4-5-9-21(19)25/h3-10H,11-16H2,1-2H3.